The highest BCUT2D eigenvalue weighted by Crippen LogP contribution is 2.52. The number of rotatable bonds is 7. The predicted octanol–water partition coefficient (Wildman–Crippen LogP) is 3.93. The van der Waals surface area contributed by atoms with Gasteiger partial charge in [-0.1, -0.05) is 40.0 Å². The van der Waals surface area contributed by atoms with Gasteiger partial charge in [0.2, 0.25) is 0 Å². The van der Waals surface area contributed by atoms with Crippen molar-refractivity contribution in [2.45, 2.75) is 72.3 Å². The first kappa shape index (κ1) is 13.5. The Bertz CT molecular complexity index is 233. The lowest BCUT2D eigenvalue weighted by atomic mass is 10.1. The molecule has 16 heavy (non-hydrogen) atoms. The van der Waals surface area contributed by atoms with Crippen molar-refractivity contribution in [3.63, 3.8) is 0 Å². The first-order chi connectivity index (χ1) is 7.47. The van der Waals surface area contributed by atoms with E-state index in [0.29, 0.717) is 0 Å². The average molecular weight is 226 g/mol. The summed E-state index contributed by atoms with van der Waals surface area (Å²) < 4.78 is 5.45. The Hall–Kier alpha value is -0.530. The van der Waals surface area contributed by atoms with Gasteiger partial charge in [-0.15, -0.1) is 0 Å². The summed E-state index contributed by atoms with van der Waals surface area (Å²) in [5.41, 5.74) is 0.193. The van der Waals surface area contributed by atoms with E-state index in [-0.39, 0.29) is 23.4 Å². The van der Waals surface area contributed by atoms with Gasteiger partial charge in [-0.25, -0.2) is 0 Å². The zero-order chi connectivity index (χ0) is 12.2. The first-order valence-electron chi connectivity index (χ1n) is 6.68. The molecule has 0 unspecified atom stereocenters. The van der Waals surface area contributed by atoms with Crippen LogP contribution in [0, 0.1) is 11.3 Å². The molecule has 2 heteroatoms. The monoisotopic (exact) mass is 226 g/mol. The van der Waals surface area contributed by atoms with E-state index < -0.39 is 0 Å². The van der Waals surface area contributed by atoms with E-state index in [1.807, 2.05) is 6.92 Å². The molecule has 1 rings (SSSR count). The number of carbonyl (C=O) groups excluding carboxylic acids is 1. The number of esters is 1. The number of hydrogen-bond donors (Lipinski definition) is 0. The van der Waals surface area contributed by atoms with Crippen LogP contribution in [0.3, 0.4) is 0 Å². The van der Waals surface area contributed by atoms with Crippen molar-refractivity contribution >= 4 is 5.97 Å². The Kier molecular flexibility index (Phi) is 4.82. The summed E-state index contributed by atoms with van der Waals surface area (Å²) >= 11 is 0. The Morgan fingerprint density at radius 1 is 1.38 bits per heavy atom. The molecule has 1 saturated carbocycles. The summed E-state index contributed by atoms with van der Waals surface area (Å²) in [6.07, 6.45) is 7.08. The second-order valence-electron chi connectivity index (χ2n) is 5.84. The minimum absolute atomic E-state index is 0.0213. The van der Waals surface area contributed by atoms with E-state index in [1.165, 1.54) is 25.7 Å². The zero-order valence-electron chi connectivity index (χ0n) is 11.2. The highest BCUT2D eigenvalue weighted by Gasteiger charge is 2.51. The smallest absolute Gasteiger partial charge is 0.309 e. The molecule has 1 aliphatic carbocycles. The molecule has 0 amide bonds. The highest BCUT2D eigenvalue weighted by molar-refractivity contribution is 5.76. The van der Waals surface area contributed by atoms with Gasteiger partial charge in [0.15, 0.2) is 0 Å². The minimum atomic E-state index is 0.0213. The molecule has 0 aromatic carbocycles. The lowest BCUT2D eigenvalue weighted by molar-refractivity contribution is -0.151. The molecule has 2 atom stereocenters. The van der Waals surface area contributed by atoms with Crippen LogP contribution in [0.2, 0.25) is 0 Å². The lowest BCUT2D eigenvalue weighted by Crippen LogP contribution is -2.18. The molecule has 0 N–H and O–H groups in total. The van der Waals surface area contributed by atoms with Crippen LogP contribution < -0.4 is 0 Å². The molecule has 2 nitrogen and oxygen atoms in total. The zero-order valence-corrected chi connectivity index (χ0v) is 11.2. The van der Waals surface area contributed by atoms with Crippen molar-refractivity contribution in [3.05, 3.63) is 0 Å². The van der Waals surface area contributed by atoms with Gasteiger partial charge in [0.05, 0.1) is 12.0 Å². The molecule has 0 aromatic rings. The minimum Gasteiger partial charge on any atom is -0.462 e. The van der Waals surface area contributed by atoms with Crippen LogP contribution >= 0.6 is 0 Å². The number of ether oxygens (including phenoxy) is 1. The first-order valence-corrected chi connectivity index (χ1v) is 6.68. The molecule has 1 aliphatic rings. The Morgan fingerprint density at radius 2 is 2.00 bits per heavy atom. The van der Waals surface area contributed by atoms with Gasteiger partial charge in [0.1, 0.15) is 0 Å². The molecular weight excluding hydrogens is 200 g/mol. The maximum Gasteiger partial charge on any atom is 0.309 e. The van der Waals surface area contributed by atoms with Crippen LogP contribution in [0.1, 0.15) is 66.2 Å². The second-order valence-corrected chi connectivity index (χ2v) is 5.84. The number of hydrogen-bond acceptors (Lipinski definition) is 2. The third-order valence-electron chi connectivity index (χ3n) is 3.58. The third-order valence-corrected chi connectivity index (χ3v) is 3.58. The van der Waals surface area contributed by atoms with Gasteiger partial charge in [0.25, 0.3) is 0 Å². The largest absolute Gasteiger partial charge is 0.462 e. The van der Waals surface area contributed by atoms with Crippen molar-refractivity contribution in [2.75, 3.05) is 0 Å². The van der Waals surface area contributed by atoms with Crippen LogP contribution in [0.5, 0.6) is 0 Å². The van der Waals surface area contributed by atoms with Crippen molar-refractivity contribution < 1.29 is 9.53 Å². The molecular formula is C14H26O2. The van der Waals surface area contributed by atoms with Gasteiger partial charge in [0, 0.05) is 0 Å². The normalized spacial score (nSPS) is 23.9. The summed E-state index contributed by atoms with van der Waals surface area (Å²) in [5, 5.41) is 0. The SMILES string of the molecule is CCCCCC[C@H](C)OC(=O)[C@@H]1CC1(C)C. The molecule has 0 aromatic heterocycles. The van der Waals surface area contributed by atoms with Crippen molar-refractivity contribution in [2.24, 2.45) is 11.3 Å². The van der Waals surface area contributed by atoms with Crippen molar-refractivity contribution in [3.8, 4) is 0 Å². The molecule has 0 aliphatic heterocycles. The molecule has 1 fully saturated rings. The summed E-state index contributed by atoms with van der Waals surface area (Å²) in [4.78, 5) is 11.7. The van der Waals surface area contributed by atoms with Gasteiger partial charge in [-0.3, -0.25) is 4.79 Å². The van der Waals surface area contributed by atoms with E-state index in [4.69, 9.17) is 4.74 Å². The fourth-order valence-corrected chi connectivity index (χ4v) is 2.07. The molecule has 0 bridgehead atoms. The molecule has 0 saturated heterocycles. The summed E-state index contributed by atoms with van der Waals surface area (Å²) in [7, 11) is 0. The van der Waals surface area contributed by atoms with Crippen molar-refractivity contribution in [1.29, 1.82) is 0 Å². The maximum atomic E-state index is 11.7. The number of unbranched alkanes of at least 4 members (excludes halogenated alkanes) is 3. The molecule has 0 radical (unpaired) electrons. The molecule has 0 spiro atoms. The van der Waals surface area contributed by atoms with E-state index in [2.05, 4.69) is 20.8 Å². The average Bonchev–Trinajstić information content (AvgIpc) is 2.83. The topological polar surface area (TPSA) is 26.3 Å². The summed E-state index contributed by atoms with van der Waals surface area (Å²) in [5.74, 6) is 0.179. The Morgan fingerprint density at radius 3 is 2.50 bits per heavy atom. The molecule has 0 heterocycles. The number of carbonyl (C=O) groups is 1. The van der Waals surface area contributed by atoms with Crippen LogP contribution in [-0.2, 0) is 9.53 Å². The van der Waals surface area contributed by atoms with Crippen LogP contribution in [0.4, 0.5) is 0 Å². The van der Waals surface area contributed by atoms with Crippen LogP contribution in [-0.4, -0.2) is 12.1 Å². The van der Waals surface area contributed by atoms with Crippen LogP contribution in [0.25, 0.3) is 0 Å². The summed E-state index contributed by atoms with van der Waals surface area (Å²) in [6, 6.07) is 0. The second kappa shape index (κ2) is 5.70. The van der Waals surface area contributed by atoms with Gasteiger partial charge in [-0.2, -0.15) is 0 Å². The van der Waals surface area contributed by atoms with E-state index >= 15 is 0 Å². The van der Waals surface area contributed by atoms with E-state index in [9.17, 15) is 4.79 Å². The fourth-order valence-electron chi connectivity index (χ4n) is 2.07. The predicted molar refractivity (Wildman–Crippen MR) is 66.2 cm³/mol. The Balaban J connectivity index is 2.10. The highest BCUT2D eigenvalue weighted by atomic mass is 16.5. The molecule has 94 valence electrons. The third kappa shape index (κ3) is 4.15. The maximum absolute atomic E-state index is 11.7. The lowest BCUT2D eigenvalue weighted by Gasteiger charge is -2.13. The fraction of sp³-hybridized carbons (Fsp3) is 0.929. The van der Waals surface area contributed by atoms with Gasteiger partial charge in [-0.05, 0) is 31.6 Å². The van der Waals surface area contributed by atoms with Crippen molar-refractivity contribution in [1.82, 2.24) is 0 Å². The summed E-state index contributed by atoms with van der Waals surface area (Å²) in [6.45, 7) is 8.48. The standard InChI is InChI=1S/C14H26O2/c1-5-6-7-8-9-11(2)16-13(15)12-10-14(12,3)4/h11-12H,5-10H2,1-4H3/t11-,12-/m0/s1. The van der Waals surface area contributed by atoms with Gasteiger partial charge >= 0.3 is 5.97 Å². The van der Waals surface area contributed by atoms with E-state index in [0.717, 1.165) is 12.8 Å². The Labute approximate surface area is 99.8 Å². The van der Waals surface area contributed by atoms with Crippen LogP contribution in [0.15, 0.2) is 0 Å². The van der Waals surface area contributed by atoms with Gasteiger partial charge < -0.3 is 4.74 Å². The quantitative estimate of drug-likeness (QED) is 0.485. The van der Waals surface area contributed by atoms with E-state index in [1.54, 1.807) is 0 Å².